The second-order valence-corrected chi connectivity index (χ2v) is 5.46. The third kappa shape index (κ3) is 3.77. The summed E-state index contributed by atoms with van der Waals surface area (Å²) in [6, 6.07) is 21.6. The topological polar surface area (TPSA) is 30.0 Å². The van der Waals surface area contributed by atoms with Gasteiger partial charge in [0.15, 0.2) is 5.78 Å². The van der Waals surface area contributed by atoms with Gasteiger partial charge in [0.05, 0.1) is 0 Å². The molecule has 0 unspecified atom stereocenters. The number of carbonyl (C=O) groups excluding carboxylic acids is 1. The van der Waals surface area contributed by atoms with E-state index in [0.29, 0.717) is 11.1 Å². The van der Waals surface area contributed by atoms with Crippen molar-refractivity contribution in [3.05, 3.63) is 88.5 Å². The maximum absolute atomic E-state index is 12.3. The molecule has 1 heterocycles. The van der Waals surface area contributed by atoms with Gasteiger partial charge in [-0.15, -0.1) is 29.8 Å². The van der Waals surface area contributed by atoms with Crippen molar-refractivity contribution in [3.63, 3.8) is 0 Å². The molecule has 0 aliphatic rings. The maximum atomic E-state index is 12.3. The summed E-state index contributed by atoms with van der Waals surface area (Å²) < 4.78 is 0.933. The Kier molecular flexibility index (Phi) is 5.78. The van der Waals surface area contributed by atoms with Gasteiger partial charge in [-0.05, 0) is 21.6 Å². The first kappa shape index (κ1) is 16.8. The van der Waals surface area contributed by atoms with Crippen LogP contribution in [-0.2, 0) is 20.1 Å². The van der Waals surface area contributed by atoms with Gasteiger partial charge in [0, 0.05) is 36.3 Å². The van der Waals surface area contributed by atoms with Crippen molar-refractivity contribution in [2.45, 2.75) is 0 Å². The molecule has 3 rings (SSSR count). The van der Waals surface area contributed by atoms with E-state index in [0.717, 1.165) is 15.7 Å². The van der Waals surface area contributed by atoms with Crippen LogP contribution in [0.4, 0.5) is 0 Å². The molecule has 0 bridgehead atoms. The molecule has 0 amide bonds. The first-order valence-electron chi connectivity index (χ1n) is 6.47. The number of halogens is 1. The van der Waals surface area contributed by atoms with Crippen molar-refractivity contribution in [3.8, 4) is 11.3 Å². The van der Waals surface area contributed by atoms with Crippen LogP contribution >= 0.6 is 15.9 Å². The first-order valence-corrected chi connectivity index (χ1v) is 7.27. The Morgan fingerprint density at radius 2 is 1.73 bits per heavy atom. The van der Waals surface area contributed by atoms with E-state index in [1.54, 1.807) is 12.3 Å². The molecule has 4 heteroatoms. The minimum Gasteiger partial charge on any atom is -0.304 e. The van der Waals surface area contributed by atoms with Crippen LogP contribution in [0.2, 0.25) is 0 Å². The number of nitrogens with zero attached hydrogens (tertiary/aromatic N) is 1. The van der Waals surface area contributed by atoms with Crippen LogP contribution in [0.3, 0.4) is 0 Å². The van der Waals surface area contributed by atoms with Crippen LogP contribution in [0.5, 0.6) is 0 Å². The van der Waals surface area contributed by atoms with Crippen molar-refractivity contribution < 1.29 is 24.9 Å². The Morgan fingerprint density at radius 3 is 2.32 bits per heavy atom. The number of carbonyl (C=O) groups is 1. The number of pyridine rings is 1. The van der Waals surface area contributed by atoms with Gasteiger partial charge in [-0.1, -0.05) is 48.0 Å². The van der Waals surface area contributed by atoms with Crippen LogP contribution in [0, 0.1) is 6.07 Å². The smallest absolute Gasteiger partial charge is 0.152 e. The second kappa shape index (κ2) is 7.59. The summed E-state index contributed by atoms with van der Waals surface area (Å²) in [5.41, 5.74) is 3.01. The average Bonchev–Trinajstić information content (AvgIpc) is 2.56. The molecule has 22 heavy (non-hydrogen) atoms. The quantitative estimate of drug-likeness (QED) is 0.369. The Morgan fingerprint density at radius 1 is 0.955 bits per heavy atom. The number of rotatable bonds is 3. The molecular formula is C18H11BrIrNO-. The van der Waals surface area contributed by atoms with Gasteiger partial charge < -0.3 is 4.98 Å². The maximum Gasteiger partial charge on any atom is 0.152 e. The third-order valence-corrected chi connectivity index (χ3v) is 3.58. The molecule has 0 fully saturated rings. The molecular weight excluding hydrogens is 518 g/mol. The van der Waals surface area contributed by atoms with E-state index in [2.05, 4.69) is 27.0 Å². The number of aromatic nitrogens is 1. The van der Waals surface area contributed by atoms with E-state index < -0.39 is 0 Å². The van der Waals surface area contributed by atoms with E-state index in [9.17, 15) is 4.79 Å². The third-order valence-electron chi connectivity index (χ3n) is 3.11. The largest absolute Gasteiger partial charge is 0.304 e. The summed E-state index contributed by atoms with van der Waals surface area (Å²) in [6.07, 6.45) is 1.74. The van der Waals surface area contributed by atoms with Crippen LogP contribution in [0.25, 0.3) is 11.3 Å². The van der Waals surface area contributed by atoms with Crippen molar-refractivity contribution in [2.75, 3.05) is 0 Å². The summed E-state index contributed by atoms with van der Waals surface area (Å²) in [6.45, 7) is 0. The zero-order chi connectivity index (χ0) is 14.7. The van der Waals surface area contributed by atoms with Gasteiger partial charge in [0.2, 0.25) is 0 Å². The van der Waals surface area contributed by atoms with Crippen LogP contribution < -0.4 is 0 Å². The van der Waals surface area contributed by atoms with Crippen molar-refractivity contribution in [1.82, 2.24) is 4.98 Å². The summed E-state index contributed by atoms with van der Waals surface area (Å²) >= 11 is 3.36. The first-order chi connectivity index (χ1) is 10.2. The van der Waals surface area contributed by atoms with Crippen molar-refractivity contribution >= 4 is 21.7 Å². The van der Waals surface area contributed by atoms with E-state index in [4.69, 9.17) is 0 Å². The van der Waals surface area contributed by atoms with Gasteiger partial charge in [-0.25, -0.2) is 0 Å². The summed E-state index contributed by atoms with van der Waals surface area (Å²) in [7, 11) is 0. The minimum absolute atomic E-state index is 0. The minimum atomic E-state index is 0. The zero-order valence-electron chi connectivity index (χ0n) is 11.4. The number of hydrogen-bond donors (Lipinski definition) is 0. The molecule has 111 valence electrons. The fourth-order valence-corrected chi connectivity index (χ4v) is 2.25. The molecule has 1 radical (unpaired) electrons. The van der Waals surface area contributed by atoms with E-state index in [-0.39, 0.29) is 25.9 Å². The van der Waals surface area contributed by atoms with E-state index in [1.165, 1.54) is 0 Å². The molecule has 0 saturated heterocycles. The Hall–Kier alpha value is -1.61. The van der Waals surface area contributed by atoms with Gasteiger partial charge in [-0.2, -0.15) is 0 Å². The molecule has 0 atom stereocenters. The molecule has 0 aliphatic heterocycles. The fourth-order valence-electron chi connectivity index (χ4n) is 2.02. The molecule has 2 nitrogen and oxygen atoms in total. The number of benzene rings is 2. The molecule has 0 saturated carbocycles. The molecule has 0 aliphatic carbocycles. The molecule has 0 spiro atoms. The van der Waals surface area contributed by atoms with Gasteiger partial charge >= 0.3 is 0 Å². The van der Waals surface area contributed by atoms with Gasteiger partial charge in [0.25, 0.3) is 0 Å². The van der Waals surface area contributed by atoms with E-state index >= 15 is 0 Å². The van der Waals surface area contributed by atoms with E-state index in [1.807, 2.05) is 54.6 Å². The second-order valence-electron chi connectivity index (χ2n) is 4.55. The summed E-state index contributed by atoms with van der Waals surface area (Å²) in [5, 5.41) is 0. The Bertz CT molecular complexity index is 755. The number of hydrogen-bond acceptors (Lipinski definition) is 2. The summed E-state index contributed by atoms with van der Waals surface area (Å²) in [5.74, 6) is 0.00200. The van der Waals surface area contributed by atoms with Crippen LogP contribution in [0.15, 0.2) is 71.3 Å². The normalized spacial score (nSPS) is 9.86. The molecule has 1 aromatic heterocycles. The Labute approximate surface area is 151 Å². The van der Waals surface area contributed by atoms with Crippen LogP contribution in [-0.4, -0.2) is 10.8 Å². The van der Waals surface area contributed by atoms with Gasteiger partial charge in [-0.3, -0.25) is 4.79 Å². The monoisotopic (exact) mass is 529 g/mol. The fraction of sp³-hybridized carbons (Fsp3) is 0. The Balaban J connectivity index is 0.00000176. The zero-order valence-corrected chi connectivity index (χ0v) is 15.4. The predicted molar refractivity (Wildman–Crippen MR) is 86.1 cm³/mol. The summed E-state index contributed by atoms with van der Waals surface area (Å²) in [4.78, 5) is 16.6. The SMILES string of the molecule is O=C(c1c[c-]c(-c2ccc(Br)cn2)cc1)c1ccccc1.[Ir]. The van der Waals surface area contributed by atoms with Gasteiger partial charge in [0.1, 0.15) is 0 Å². The molecule has 0 N–H and O–H groups in total. The van der Waals surface area contributed by atoms with Crippen molar-refractivity contribution in [1.29, 1.82) is 0 Å². The molecule has 3 aromatic rings. The van der Waals surface area contributed by atoms with Crippen molar-refractivity contribution in [2.24, 2.45) is 0 Å². The van der Waals surface area contributed by atoms with Crippen LogP contribution in [0.1, 0.15) is 15.9 Å². The standard InChI is InChI=1S/C18H11BrNO.Ir/c19-16-10-11-17(20-12-16)13-6-8-15(9-7-13)18(21)14-4-2-1-3-5-14;/h1-6,8-12H;/q-1;. The average molecular weight is 529 g/mol. The molecule has 2 aromatic carbocycles. The number of ketones is 1. The predicted octanol–water partition coefficient (Wildman–Crippen LogP) is 4.54.